The molecule has 0 spiro atoms. The summed E-state index contributed by atoms with van der Waals surface area (Å²) in [5.41, 5.74) is 2.75. The molecule has 0 radical (unpaired) electrons. The molecular weight excluding hydrogens is 288 g/mol. The van der Waals surface area contributed by atoms with Crippen LogP contribution in [0.4, 0.5) is 0 Å². The molecular formula is C20H24OS. The van der Waals surface area contributed by atoms with E-state index in [9.17, 15) is 0 Å². The van der Waals surface area contributed by atoms with Gasteiger partial charge in [0.05, 0.1) is 7.11 Å². The Morgan fingerprint density at radius 1 is 1.27 bits per heavy atom. The number of benzene rings is 1. The highest BCUT2D eigenvalue weighted by atomic mass is 32.2. The van der Waals surface area contributed by atoms with Gasteiger partial charge in [0.1, 0.15) is 5.75 Å². The molecule has 2 rings (SSSR count). The highest BCUT2D eigenvalue weighted by Gasteiger charge is 2.31. The van der Waals surface area contributed by atoms with E-state index in [-0.39, 0.29) is 0 Å². The Labute approximate surface area is 138 Å². The van der Waals surface area contributed by atoms with Gasteiger partial charge in [-0.2, -0.15) is 0 Å². The Hall–Kier alpha value is -1.67. The number of methoxy groups -OCH3 is 1. The van der Waals surface area contributed by atoms with Gasteiger partial charge >= 0.3 is 0 Å². The molecule has 1 aromatic carbocycles. The largest absolute Gasteiger partial charge is 0.497 e. The molecule has 0 amide bonds. The monoisotopic (exact) mass is 312 g/mol. The normalized spacial score (nSPS) is 25.2. The molecule has 0 aliphatic carbocycles. The first-order valence-corrected chi connectivity index (χ1v) is 8.60. The van der Waals surface area contributed by atoms with E-state index >= 15 is 0 Å². The van der Waals surface area contributed by atoms with E-state index in [1.165, 1.54) is 16.0 Å². The zero-order chi connectivity index (χ0) is 15.9. The molecule has 1 aliphatic heterocycles. The summed E-state index contributed by atoms with van der Waals surface area (Å²) < 4.78 is 5.27. The molecule has 116 valence electrons. The number of allylic oxidation sites excluding steroid dienone is 5. The number of hydrogen-bond acceptors (Lipinski definition) is 2. The lowest BCUT2D eigenvalue weighted by Crippen LogP contribution is -2.22. The molecule has 22 heavy (non-hydrogen) atoms. The van der Waals surface area contributed by atoms with E-state index in [0.29, 0.717) is 11.8 Å². The van der Waals surface area contributed by atoms with Crippen molar-refractivity contribution in [2.24, 2.45) is 5.92 Å². The smallest absolute Gasteiger partial charge is 0.118 e. The average molecular weight is 312 g/mol. The summed E-state index contributed by atoms with van der Waals surface area (Å²) in [6.07, 6.45) is 9.27. The van der Waals surface area contributed by atoms with E-state index in [2.05, 4.69) is 44.4 Å². The average Bonchev–Trinajstić information content (AvgIpc) is 2.56. The van der Waals surface area contributed by atoms with Crippen molar-refractivity contribution in [2.75, 3.05) is 12.9 Å². The van der Waals surface area contributed by atoms with Gasteiger partial charge < -0.3 is 4.74 Å². The summed E-state index contributed by atoms with van der Waals surface area (Å²) >= 11 is 1.93. The first kappa shape index (κ1) is 16.7. The Morgan fingerprint density at radius 2 is 2.00 bits per heavy atom. The van der Waals surface area contributed by atoms with Crippen LogP contribution in [0.2, 0.25) is 0 Å². The highest BCUT2D eigenvalue weighted by Crippen LogP contribution is 2.47. The predicted octanol–water partition coefficient (Wildman–Crippen LogP) is 5.73. The zero-order valence-corrected chi connectivity index (χ0v) is 14.2. The van der Waals surface area contributed by atoms with Crippen molar-refractivity contribution >= 4 is 11.8 Å². The Morgan fingerprint density at radius 3 is 2.55 bits per heavy atom. The van der Waals surface area contributed by atoms with Crippen molar-refractivity contribution in [1.29, 1.82) is 0 Å². The second-order valence-corrected chi connectivity index (χ2v) is 6.39. The van der Waals surface area contributed by atoms with Crippen molar-refractivity contribution in [2.45, 2.75) is 19.3 Å². The fourth-order valence-corrected chi connectivity index (χ4v) is 4.35. The first-order valence-electron chi connectivity index (χ1n) is 7.62. The number of hydrogen-bond donors (Lipinski definition) is 0. The molecule has 1 nitrogen and oxygen atoms in total. The van der Waals surface area contributed by atoms with Crippen molar-refractivity contribution in [3.05, 3.63) is 77.8 Å². The van der Waals surface area contributed by atoms with Crippen LogP contribution in [0.3, 0.4) is 0 Å². The Balaban J connectivity index is 2.38. The molecule has 1 fully saturated rings. The van der Waals surface area contributed by atoms with E-state index < -0.39 is 0 Å². The second kappa shape index (κ2) is 8.09. The van der Waals surface area contributed by atoms with Crippen LogP contribution in [-0.4, -0.2) is 12.9 Å². The van der Waals surface area contributed by atoms with Gasteiger partial charge in [-0.3, -0.25) is 0 Å². The number of rotatable bonds is 5. The third kappa shape index (κ3) is 3.56. The van der Waals surface area contributed by atoms with Gasteiger partial charge in [0, 0.05) is 16.6 Å². The summed E-state index contributed by atoms with van der Waals surface area (Å²) in [6.45, 7) is 9.95. The van der Waals surface area contributed by atoms with Crippen LogP contribution in [0.25, 0.3) is 0 Å². The van der Waals surface area contributed by atoms with E-state index in [4.69, 9.17) is 4.74 Å². The molecule has 1 saturated heterocycles. The minimum atomic E-state index is 0.455. The van der Waals surface area contributed by atoms with Crippen molar-refractivity contribution in [3.63, 3.8) is 0 Å². The van der Waals surface area contributed by atoms with Crippen molar-refractivity contribution in [1.82, 2.24) is 0 Å². The highest BCUT2D eigenvalue weighted by molar-refractivity contribution is 8.03. The maximum atomic E-state index is 5.27. The quantitative estimate of drug-likeness (QED) is 0.642. The summed E-state index contributed by atoms with van der Waals surface area (Å²) in [4.78, 5) is 1.37. The molecule has 1 aromatic rings. The minimum absolute atomic E-state index is 0.455. The van der Waals surface area contributed by atoms with Gasteiger partial charge in [0.2, 0.25) is 0 Å². The van der Waals surface area contributed by atoms with Gasteiger partial charge in [-0.25, -0.2) is 0 Å². The van der Waals surface area contributed by atoms with Gasteiger partial charge in [-0.05, 0) is 42.5 Å². The lowest BCUT2D eigenvalue weighted by molar-refractivity contribution is 0.414. The van der Waals surface area contributed by atoms with Gasteiger partial charge in [0.25, 0.3) is 0 Å². The first-order chi connectivity index (χ1) is 10.7. The van der Waals surface area contributed by atoms with Gasteiger partial charge in [0.15, 0.2) is 0 Å². The predicted molar refractivity (Wildman–Crippen MR) is 98.5 cm³/mol. The molecule has 2 unspecified atom stereocenters. The standard InChI is InChI=1S/C20H24OS/c1-5-8-17-18(9-6-2)20(7-3)22-14-19(17)15-10-12-16(21-4)13-11-15/h5-7,9-13,17,19H,1-2,8,14H2,3-4H3/b18-9-,20-7+. The third-order valence-electron chi connectivity index (χ3n) is 4.11. The van der Waals surface area contributed by atoms with E-state index in [1.807, 2.05) is 36.0 Å². The SMILES string of the molecule is C=C/C=C1\C(=C/C)SCC(c2ccc(OC)cc2)C1CC=C. The zero-order valence-electron chi connectivity index (χ0n) is 13.4. The van der Waals surface area contributed by atoms with E-state index in [1.54, 1.807) is 7.11 Å². The molecule has 0 N–H and O–H groups in total. The fraction of sp³-hybridized carbons (Fsp3) is 0.300. The topological polar surface area (TPSA) is 9.23 Å². The molecule has 0 saturated carbocycles. The summed E-state index contributed by atoms with van der Waals surface area (Å²) in [5.74, 6) is 2.95. The fourth-order valence-electron chi connectivity index (χ4n) is 3.01. The molecule has 0 bridgehead atoms. The van der Waals surface area contributed by atoms with Crippen LogP contribution in [-0.2, 0) is 0 Å². The van der Waals surface area contributed by atoms with Gasteiger partial charge in [-0.1, -0.05) is 43.0 Å². The van der Waals surface area contributed by atoms with E-state index in [0.717, 1.165) is 17.9 Å². The van der Waals surface area contributed by atoms with Crippen LogP contribution in [0, 0.1) is 5.92 Å². The maximum Gasteiger partial charge on any atom is 0.118 e. The Bertz CT molecular complexity index is 580. The van der Waals surface area contributed by atoms with Crippen LogP contribution in [0.1, 0.15) is 24.8 Å². The summed E-state index contributed by atoms with van der Waals surface area (Å²) in [5, 5.41) is 0. The molecule has 2 atom stereocenters. The van der Waals surface area contributed by atoms with Crippen LogP contribution >= 0.6 is 11.8 Å². The third-order valence-corrected chi connectivity index (χ3v) is 5.42. The summed E-state index contributed by atoms with van der Waals surface area (Å²) in [6, 6.07) is 8.47. The minimum Gasteiger partial charge on any atom is -0.497 e. The van der Waals surface area contributed by atoms with Crippen LogP contribution < -0.4 is 4.74 Å². The lowest BCUT2D eigenvalue weighted by atomic mass is 9.79. The Kier molecular flexibility index (Phi) is 6.14. The van der Waals surface area contributed by atoms with Crippen molar-refractivity contribution < 1.29 is 4.74 Å². The number of ether oxygens (including phenoxy) is 1. The van der Waals surface area contributed by atoms with Crippen molar-refractivity contribution in [3.8, 4) is 5.75 Å². The summed E-state index contributed by atoms with van der Waals surface area (Å²) in [7, 11) is 1.70. The van der Waals surface area contributed by atoms with Crippen LogP contribution in [0.15, 0.2) is 72.2 Å². The molecule has 0 aromatic heterocycles. The molecule has 2 heteroatoms. The second-order valence-electron chi connectivity index (χ2n) is 5.33. The van der Waals surface area contributed by atoms with Gasteiger partial charge in [-0.15, -0.1) is 18.3 Å². The lowest BCUT2D eigenvalue weighted by Gasteiger charge is -2.35. The molecule has 1 aliphatic rings. The van der Waals surface area contributed by atoms with Crippen LogP contribution in [0.5, 0.6) is 5.75 Å². The number of thioether (sulfide) groups is 1. The molecule has 1 heterocycles. The maximum absolute atomic E-state index is 5.27.